The van der Waals surface area contributed by atoms with Crippen molar-refractivity contribution in [3.63, 3.8) is 0 Å². The highest BCUT2D eigenvalue weighted by atomic mass is 35.5. The lowest BCUT2D eigenvalue weighted by Crippen LogP contribution is -2.40. The molecule has 0 spiro atoms. The van der Waals surface area contributed by atoms with E-state index in [0.717, 1.165) is 53.0 Å². The number of ether oxygens (including phenoxy) is 1. The molecule has 4 nitrogen and oxygen atoms in total. The molecule has 3 rings (SSSR count). The van der Waals surface area contributed by atoms with Gasteiger partial charge in [-0.15, -0.1) is 0 Å². The smallest absolute Gasteiger partial charge is 0.262 e. The molecule has 2 aromatic carbocycles. The minimum absolute atomic E-state index is 0.0603. The number of nitriles is 1. The fraction of sp³-hybridized carbons (Fsp3) is 0.333. The SMILES string of the molecule is C=C1/C=C\C=C/C/C(Cl)=C(/C(=O)N(Cc2cc(-c3ccc(C#N)cc3)ccc2OCC)C(CCC)CCC)S1. The number of allylic oxidation sites excluding steroid dienone is 5. The average molecular weight is 561 g/mol. The molecule has 1 amide bonds. The molecule has 0 fully saturated rings. The number of nitrogens with zero attached hydrogens (tertiary/aromatic N) is 2. The van der Waals surface area contributed by atoms with Crippen molar-refractivity contribution in [3.8, 4) is 22.9 Å². The Labute approximate surface area is 242 Å². The number of rotatable bonds is 11. The molecule has 0 atom stereocenters. The van der Waals surface area contributed by atoms with Crippen LogP contribution in [0.2, 0.25) is 0 Å². The van der Waals surface area contributed by atoms with E-state index in [1.807, 2.05) is 72.5 Å². The van der Waals surface area contributed by atoms with Crippen molar-refractivity contribution in [1.29, 1.82) is 5.26 Å². The monoisotopic (exact) mass is 560 g/mol. The van der Waals surface area contributed by atoms with Crippen LogP contribution in [0.15, 0.2) is 88.2 Å². The van der Waals surface area contributed by atoms with Gasteiger partial charge in [-0.05, 0) is 61.2 Å². The van der Waals surface area contributed by atoms with Gasteiger partial charge in [-0.2, -0.15) is 5.26 Å². The summed E-state index contributed by atoms with van der Waals surface area (Å²) < 4.78 is 6.02. The van der Waals surface area contributed by atoms with Crippen molar-refractivity contribution in [2.24, 2.45) is 0 Å². The van der Waals surface area contributed by atoms with Crippen molar-refractivity contribution >= 4 is 29.3 Å². The van der Waals surface area contributed by atoms with Crippen molar-refractivity contribution in [2.45, 2.75) is 65.5 Å². The van der Waals surface area contributed by atoms with Gasteiger partial charge in [0.25, 0.3) is 5.91 Å². The van der Waals surface area contributed by atoms with E-state index in [0.29, 0.717) is 35.1 Å². The summed E-state index contributed by atoms with van der Waals surface area (Å²) >= 11 is 8.09. The van der Waals surface area contributed by atoms with Crippen LogP contribution in [0.4, 0.5) is 0 Å². The number of carbonyl (C=O) groups excluding carboxylic acids is 1. The molecule has 1 aliphatic heterocycles. The second kappa shape index (κ2) is 15.4. The number of hydrogen-bond acceptors (Lipinski definition) is 4. The fourth-order valence-electron chi connectivity index (χ4n) is 4.61. The fourth-order valence-corrected chi connectivity index (χ4v) is 5.70. The van der Waals surface area contributed by atoms with Crippen molar-refractivity contribution in [1.82, 2.24) is 4.90 Å². The van der Waals surface area contributed by atoms with E-state index < -0.39 is 0 Å². The maximum Gasteiger partial charge on any atom is 0.262 e. The summed E-state index contributed by atoms with van der Waals surface area (Å²) in [6.07, 6.45) is 11.9. The lowest BCUT2D eigenvalue weighted by Gasteiger charge is -2.33. The van der Waals surface area contributed by atoms with Crippen LogP contribution in [0.25, 0.3) is 11.1 Å². The molecule has 204 valence electrons. The molecule has 0 bridgehead atoms. The van der Waals surface area contributed by atoms with Gasteiger partial charge in [-0.3, -0.25) is 4.79 Å². The first-order chi connectivity index (χ1) is 18.9. The predicted octanol–water partition coefficient (Wildman–Crippen LogP) is 9.13. The van der Waals surface area contributed by atoms with Crippen LogP contribution in [0.5, 0.6) is 5.75 Å². The van der Waals surface area contributed by atoms with Gasteiger partial charge in [0.15, 0.2) is 0 Å². The van der Waals surface area contributed by atoms with E-state index >= 15 is 0 Å². The Kier molecular flexibility index (Phi) is 12.0. The minimum atomic E-state index is -0.0759. The standard InChI is InChI=1S/C33H37ClN2O2S/c1-5-11-29(12-6-2)36(33(37)32-30(34)14-10-8-9-13-24(4)39-32)23-28-21-27(19-20-31(28)38-7-3)26-17-15-25(22-35)16-18-26/h8-10,13,15-21,29H,4-7,11-12,14,23H2,1-3H3/b10-8-,13-9-,32-30+. The lowest BCUT2D eigenvalue weighted by atomic mass is 9.99. The molecule has 2 aromatic rings. The Balaban J connectivity index is 2.08. The number of thioether (sulfide) groups is 1. The second-order valence-electron chi connectivity index (χ2n) is 9.40. The minimum Gasteiger partial charge on any atom is -0.494 e. The highest BCUT2D eigenvalue weighted by molar-refractivity contribution is 8.07. The zero-order valence-electron chi connectivity index (χ0n) is 23.1. The van der Waals surface area contributed by atoms with Crippen LogP contribution in [0.3, 0.4) is 0 Å². The van der Waals surface area contributed by atoms with Gasteiger partial charge in [0, 0.05) is 34.5 Å². The molecule has 0 aliphatic carbocycles. The molecule has 0 saturated heterocycles. The van der Waals surface area contributed by atoms with E-state index in [1.165, 1.54) is 11.8 Å². The Morgan fingerprint density at radius 1 is 1.10 bits per heavy atom. The first-order valence-electron chi connectivity index (χ1n) is 13.6. The molecule has 0 unspecified atom stereocenters. The second-order valence-corrected chi connectivity index (χ2v) is 11.0. The maximum atomic E-state index is 14.3. The highest BCUT2D eigenvalue weighted by Crippen LogP contribution is 2.36. The summed E-state index contributed by atoms with van der Waals surface area (Å²) in [4.78, 5) is 17.6. The molecule has 0 N–H and O–H groups in total. The summed E-state index contributed by atoms with van der Waals surface area (Å²) in [6, 6.07) is 15.9. The average Bonchev–Trinajstić information content (AvgIpc) is 3.02. The lowest BCUT2D eigenvalue weighted by molar-refractivity contribution is -0.129. The summed E-state index contributed by atoms with van der Waals surface area (Å²) in [5.41, 5.74) is 3.56. The van der Waals surface area contributed by atoms with Crippen LogP contribution in [0, 0.1) is 11.3 Å². The van der Waals surface area contributed by atoms with E-state index in [-0.39, 0.29) is 11.9 Å². The van der Waals surface area contributed by atoms with Crippen LogP contribution in [-0.2, 0) is 11.3 Å². The van der Waals surface area contributed by atoms with E-state index in [2.05, 4.69) is 32.6 Å². The van der Waals surface area contributed by atoms with E-state index in [9.17, 15) is 10.1 Å². The summed E-state index contributed by atoms with van der Waals surface area (Å²) in [6.45, 7) is 11.3. The quantitative estimate of drug-likeness (QED) is 0.275. The first kappa shape index (κ1) is 30.3. The third kappa shape index (κ3) is 8.39. The van der Waals surface area contributed by atoms with Crippen molar-refractivity contribution in [2.75, 3.05) is 6.61 Å². The van der Waals surface area contributed by atoms with Gasteiger partial charge >= 0.3 is 0 Å². The third-order valence-corrected chi connectivity index (χ3v) is 7.97. The van der Waals surface area contributed by atoms with E-state index in [4.69, 9.17) is 16.3 Å². The molecule has 0 aromatic heterocycles. The topological polar surface area (TPSA) is 53.3 Å². The van der Waals surface area contributed by atoms with Gasteiger partial charge in [0.2, 0.25) is 0 Å². The van der Waals surface area contributed by atoms with Gasteiger partial charge in [-0.25, -0.2) is 0 Å². The van der Waals surface area contributed by atoms with Crippen LogP contribution in [-0.4, -0.2) is 23.5 Å². The van der Waals surface area contributed by atoms with Gasteiger partial charge in [0.1, 0.15) is 5.75 Å². The molecular formula is C33H37ClN2O2S. The summed E-state index contributed by atoms with van der Waals surface area (Å²) in [5, 5.41) is 9.72. The van der Waals surface area contributed by atoms with Crippen LogP contribution >= 0.6 is 23.4 Å². The van der Waals surface area contributed by atoms with Gasteiger partial charge in [0.05, 0.1) is 23.1 Å². The van der Waals surface area contributed by atoms with Gasteiger partial charge < -0.3 is 9.64 Å². The number of halogens is 1. The van der Waals surface area contributed by atoms with Crippen molar-refractivity contribution in [3.05, 3.63) is 99.3 Å². The molecule has 6 heteroatoms. The summed E-state index contributed by atoms with van der Waals surface area (Å²) in [7, 11) is 0. The summed E-state index contributed by atoms with van der Waals surface area (Å²) in [5.74, 6) is 0.685. The highest BCUT2D eigenvalue weighted by Gasteiger charge is 2.29. The largest absolute Gasteiger partial charge is 0.494 e. The Morgan fingerprint density at radius 2 is 1.79 bits per heavy atom. The van der Waals surface area contributed by atoms with Crippen LogP contribution in [0.1, 0.15) is 64.0 Å². The number of hydrogen-bond donors (Lipinski definition) is 0. The maximum absolute atomic E-state index is 14.3. The zero-order chi connectivity index (χ0) is 28.2. The predicted molar refractivity (Wildman–Crippen MR) is 164 cm³/mol. The Morgan fingerprint density at radius 3 is 2.44 bits per heavy atom. The Bertz CT molecular complexity index is 1280. The molecule has 39 heavy (non-hydrogen) atoms. The van der Waals surface area contributed by atoms with Crippen LogP contribution < -0.4 is 4.74 Å². The number of carbonyl (C=O) groups is 1. The Hall–Kier alpha value is -3.20. The molecule has 0 radical (unpaired) electrons. The molecule has 0 saturated carbocycles. The number of benzene rings is 2. The van der Waals surface area contributed by atoms with Crippen molar-refractivity contribution < 1.29 is 9.53 Å². The van der Waals surface area contributed by atoms with Gasteiger partial charge in [-0.1, -0.05) is 93.1 Å². The normalized spacial score (nSPS) is 17.1. The molecular weight excluding hydrogens is 524 g/mol. The number of amides is 1. The first-order valence-corrected chi connectivity index (χ1v) is 14.8. The molecule has 1 aliphatic rings. The molecule has 1 heterocycles. The van der Waals surface area contributed by atoms with E-state index in [1.54, 1.807) is 0 Å². The zero-order valence-corrected chi connectivity index (χ0v) is 24.7. The third-order valence-electron chi connectivity index (χ3n) is 6.49.